The van der Waals surface area contributed by atoms with Crippen molar-refractivity contribution in [1.82, 2.24) is 10.2 Å². The number of likely N-dealkylation sites (N-methyl/N-ethyl adjacent to an activating group) is 1. The molecule has 0 saturated heterocycles. The van der Waals surface area contributed by atoms with E-state index in [9.17, 15) is 4.79 Å². The van der Waals surface area contributed by atoms with Gasteiger partial charge in [0.05, 0.1) is 6.04 Å². The Hall–Kier alpha value is -0.610. The number of carbonyl (C=O) groups excluding carboxylic acids is 1. The quantitative estimate of drug-likeness (QED) is 0.771. The van der Waals surface area contributed by atoms with Crippen LogP contribution in [0.4, 0.5) is 0 Å². The van der Waals surface area contributed by atoms with Gasteiger partial charge in [-0.3, -0.25) is 4.79 Å². The number of rotatable bonds is 4. The zero-order valence-corrected chi connectivity index (χ0v) is 11.6. The maximum Gasteiger partial charge on any atom is 0.237 e. The van der Waals surface area contributed by atoms with Crippen LogP contribution in [0.3, 0.4) is 0 Å². The van der Waals surface area contributed by atoms with Gasteiger partial charge in [0.25, 0.3) is 0 Å². The lowest BCUT2D eigenvalue weighted by molar-refractivity contribution is -0.124. The lowest BCUT2D eigenvalue weighted by Gasteiger charge is -2.37. The summed E-state index contributed by atoms with van der Waals surface area (Å²) in [6.45, 7) is 3.96. The van der Waals surface area contributed by atoms with E-state index in [-0.39, 0.29) is 23.9 Å². The molecule has 4 nitrogen and oxygen atoms in total. The molecule has 1 aliphatic carbocycles. The number of nitrogens with one attached hydrogen (secondary N) is 1. The van der Waals surface area contributed by atoms with Crippen molar-refractivity contribution >= 4 is 5.91 Å². The monoisotopic (exact) mass is 241 g/mol. The van der Waals surface area contributed by atoms with E-state index < -0.39 is 0 Å². The highest BCUT2D eigenvalue weighted by atomic mass is 16.2. The molecule has 0 aromatic carbocycles. The second-order valence-corrected chi connectivity index (χ2v) is 5.70. The van der Waals surface area contributed by atoms with Gasteiger partial charge in [0.1, 0.15) is 0 Å². The molecular formula is C13H27N3O. The summed E-state index contributed by atoms with van der Waals surface area (Å²) < 4.78 is 0. The van der Waals surface area contributed by atoms with Crippen molar-refractivity contribution in [2.75, 3.05) is 14.1 Å². The first-order chi connectivity index (χ1) is 7.93. The van der Waals surface area contributed by atoms with Crippen LogP contribution >= 0.6 is 0 Å². The Bertz CT molecular complexity index is 253. The molecule has 0 aliphatic heterocycles. The molecule has 2 unspecified atom stereocenters. The van der Waals surface area contributed by atoms with Crippen molar-refractivity contribution in [3.8, 4) is 0 Å². The minimum absolute atomic E-state index is 0.00116. The minimum atomic E-state index is -0.389. The third kappa shape index (κ3) is 3.96. The van der Waals surface area contributed by atoms with Crippen LogP contribution in [0.2, 0.25) is 0 Å². The van der Waals surface area contributed by atoms with Gasteiger partial charge in [-0.05, 0) is 32.9 Å². The van der Waals surface area contributed by atoms with E-state index in [1.165, 1.54) is 12.8 Å². The molecule has 0 bridgehead atoms. The Morgan fingerprint density at radius 2 is 1.88 bits per heavy atom. The van der Waals surface area contributed by atoms with Crippen molar-refractivity contribution in [1.29, 1.82) is 0 Å². The van der Waals surface area contributed by atoms with Gasteiger partial charge in [0.15, 0.2) is 0 Å². The molecule has 4 heteroatoms. The van der Waals surface area contributed by atoms with E-state index in [0.29, 0.717) is 6.04 Å². The molecule has 0 aromatic heterocycles. The average molecular weight is 241 g/mol. The van der Waals surface area contributed by atoms with Crippen molar-refractivity contribution in [2.24, 2.45) is 11.7 Å². The summed E-state index contributed by atoms with van der Waals surface area (Å²) in [5.74, 6) is 0.190. The molecule has 0 aromatic rings. The van der Waals surface area contributed by atoms with Crippen LogP contribution in [0.15, 0.2) is 0 Å². The Labute approximate surface area is 105 Å². The zero-order valence-electron chi connectivity index (χ0n) is 11.6. The Kier molecular flexibility index (Phi) is 5.40. The molecule has 1 amide bonds. The van der Waals surface area contributed by atoms with Gasteiger partial charge >= 0.3 is 0 Å². The smallest absolute Gasteiger partial charge is 0.237 e. The predicted octanol–water partition coefficient (Wildman–Crippen LogP) is 0.959. The summed E-state index contributed by atoms with van der Waals surface area (Å²) in [5, 5.41) is 3.13. The first-order valence-electron chi connectivity index (χ1n) is 6.66. The van der Waals surface area contributed by atoms with Crippen LogP contribution in [0, 0.1) is 5.92 Å². The Morgan fingerprint density at radius 3 is 2.41 bits per heavy atom. The number of nitrogens with zero attached hydrogens (tertiary/aromatic N) is 1. The van der Waals surface area contributed by atoms with Crippen molar-refractivity contribution < 1.29 is 4.79 Å². The summed E-state index contributed by atoms with van der Waals surface area (Å²) in [6.07, 6.45) is 4.69. The number of nitrogens with two attached hydrogens (primary N) is 1. The Balaban J connectivity index is 2.56. The van der Waals surface area contributed by atoms with Crippen molar-refractivity contribution in [2.45, 2.75) is 57.7 Å². The molecule has 1 aliphatic rings. The normalized spacial score (nSPS) is 27.2. The number of amides is 1. The summed E-state index contributed by atoms with van der Waals surface area (Å²) in [4.78, 5) is 14.2. The molecule has 1 saturated carbocycles. The van der Waals surface area contributed by atoms with Crippen LogP contribution < -0.4 is 11.1 Å². The lowest BCUT2D eigenvalue weighted by Crippen LogP contribution is -2.55. The summed E-state index contributed by atoms with van der Waals surface area (Å²) >= 11 is 0. The fourth-order valence-electron chi connectivity index (χ4n) is 2.48. The first-order valence-corrected chi connectivity index (χ1v) is 6.66. The third-order valence-corrected chi connectivity index (χ3v) is 3.74. The molecule has 0 heterocycles. The number of carbonyl (C=O) groups is 1. The number of hydrogen-bond donors (Lipinski definition) is 2. The van der Waals surface area contributed by atoms with Crippen LogP contribution in [0.5, 0.6) is 0 Å². The SMILES string of the molecule is CC(C)[C@H](N)C(=O)NC1CCCCC1N(C)C. The molecule has 0 spiro atoms. The van der Waals surface area contributed by atoms with Gasteiger partial charge in [-0.15, -0.1) is 0 Å². The molecule has 3 atom stereocenters. The highest BCUT2D eigenvalue weighted by Gasteiger charge is 2.29. The van der Waals surface area contributed by atoms with Crippen molar-refractivity contribution in [3.05, 3.63) is 0 Å². The summed E-state index contributed by atoms with van der Waals surface area (Å²) in [7, 11) is 4.16. The highest BCUT2D eigenvalue weighted by molar-refractivity contribution is 5.82. The molecule has 100 valence electrons. The van der Waals surface area contributed by atoms with Gasteiger partial charge in [0.2, 0.25) is 5.91 Å². The van der Waals surface area contributed by atoms with Gasteiger partial charge in [-0.1, -0.05) is 26.7 Å². The topological polar surface area (TPSA) is 58.4 Å². The van der Waals surface area contributed by atoms with Gasteiger partial charge in [-0.25, -0.2) is 0 Å². The fraction of sp³-hybridized carbons (Fsp3) is 0.923. The lowest BCUT2D eigenvalue weighted by atomic mass is 9.89. The van der Waals surface area contributed by atoms with E-state index in [4.69, 9.17) is 5.73 Å². The maximum atomic E-state index is 12.0. The summed E-state index contributed by atoms with van der Waals surface area (Å²) in [5.41, 5.74) is 5.87. The summed E-state index contributed by atoms with van der Waals surface area (Å²) in [6, 6.07) is 0.322. The average Bonchev–Trinajstić information content (AvgIpc) is 2.28. The number of hydrogen-bond acceptors (Lipinski definition) is 3. The van der Waals surface area contributed by atoms with Crippen LogP contribution in [0.25, 0.3) is 0 Å². The van der Waals surface area contributed by atoms with Gasteiger partial charge in [-0.2, -0.15) is 0 Å². The predicted molar refractivity (Wildman–Crippen MR) is 70.7 cm³/mol. The molecule has 1 rings (SSSR count). The Morgan fingerprint density at radius 1 is 1.29 bits per heavy atom. The van der Waals surface area contributed by atoms with Gasteiger partial charge in [0, 0.05) is 12.1 Å². The largest absolute Gasteiger partial charge is 0.350 e. The maximum absolute atomic E-state index is 12.0. The second kappa shape index (κ2) is 6.36. The molecule has 0 radical (unpaired) electrons. The standard InChI is InChI=1S/C13H27N3O/c1-9(2)12(14)13(17)15-10-7-5-6-8-11(10)16(3)4/h9-12H,5-8,14H2,1-4H3,(H,15,17)/t10?,11?,12-/m0/s1. The van der Waals surface area contributed by atoms with E-state index in [2.05, 4.69) is 24.3 Å². The second-order valence-electron chi connectivity index (χ2n) is 5.70. The molecule has 1 fully saturated rings. The van der Waals surface area contributed by atoms with E-state index in [1.54, 1.807) is 0 Å². The molecular weight excluding hydrogens is 214 g/mol. The first kappa shape index (κ1) is 14.5. The molecule has 17 heavy (non-hydrogen) atoms. The van der Waals surface area contributed by atoms with E-state index >= 15 is 0 Å². The van der Waals surface area contributed by atoms with Crippen LogP contribution in [-0.2, 0) is 4.79 Å². The van der Waals surface area contributed by atoms with Crippen LogP contribution in [0.1, 0.15) is 39.5 Å². The third-order valence-electron chi connectivity index (χ3n) is 3.74. The molecule has 3 N–H and O–H groups in total. The van der Waals surface area contributed by atoms with Crippen molar-refractivity contribution in [3.63, 3.8) is 0 Å². The highest BCUT2D eigenvalue weighted by Crippen LogP contribution is 2.21. The minimum Gasteiger partial charge on any atom is -0.350 e. The van der Waals surface area contributed by atoms with E-state index in [0.717, 1.165) is 12.8 Å². The van der Waals surface area contributed by atoms with Crippen LogP contribution in [-0.4, -0.2) is 43.0 Å². The van der Waals surface area contributed by atoms with Gasteiger partial charge < -0.3 is 16.0 Å². The fourth-order valence-corrected chi connectivity index (χ4v) is 2.48. The zero-order chi connectivity index (χ0) is 13.0. The van der Waals surface area contributed by atoms with E-state index in [1.807, 2.05) is 13.8 Å².